The van der Waals surface area contributed by atoms with Crippen LogP contribution in [0.4, 0.5) is 0 Å². The zero-order chi connectivity index (χ0) is 26.4. The largest absolute Gasteiger partial charge is 0.493 e. The number of nitrogens with one attached hydrogen (secondary N) is 1. The molecule has 0 saturated carbocycles. The fourth-order valence-electron chi connectivity index (χ4n) is 3.61. The summed E-state index contributed by atoms with van der Waals surface area (Å²) in [6, 6.07) is 9.91. The van der Waals surface area contributed by atoms with Gasteiger partial charge in [-0.3, -0.25) is 19.0 Å². The molecular weight excluding hydrogens is 478 g/mol. The Kier molecular flexibility index (Phi) is 9.14. The molecule has 0 aliphatic rings. The number of ketones is 1. The van der Waals surface area contributed by atoms with Crippen molar-refractivity contribution in [3.8, 4) is 11.5 Å². The quantitative estimate of drug-likeness (QED) is 0.229. The van der Waals surface area contributed by atoms with E-state index in [1.54, 1.807) is 41.0 Å². The summed E-state index contributed by atoms with van der Waals surface area (Å²) < 4.78 is 12.2. The molecule has 0 fully saturated rings. The lowest BCUT2D eigenvalue weighted by Gasteiger charge is -2.15. The topological polar surface area (TPSA) is 99.5 Å². The van der Waals surface area contributed by atoms with Crippen molar-refractivity contribution in [2.75, 3.05) is 20.0 Å². The highest BCUT2D eigenvalue weighted by Crippen LogP contribution is 2.29. The summed E-state index contributed by atoms with van der Waals surface area (Å²) in [7, 11) is 3.05. The molecule has 3 aromatic rings. The Morgan fingerprint density at radius 2 is 1.69 bits per heavy atom. The van der Waals surface area contributed by atoms with Gasteiger partial charge in [-0.05, 0) is 62.6 Å². The molecular formula is C27H33N3O5S. The molecule has 192 valence electrons. The molecule has 0 atom stereocenters. The van der Waals surface area contributed by atoms with E-state index >= 15 is 0 Å². The maximum atomic E-state index is 13.4. The number of rotatable bonds is 11. The van der Waals surface area contributed by atoms with Gasteiger partial charge in [0.2, 0.25) is 0 Å². The Hall–Kier alpha value is -3.33. The van der Waals surface area contributed by atoms with Gasteiger partial charge in [0.15, 0.2) is 22.4 Å². The van der Waals surface area contributed by atoms with E-state index in [9.17, 15) is 14.4 Å². The second kappa shape index (κ2) is 12.1. The van der Waals surface area contributed by atoms with E-state index < -0.39 is 0 Å². The number of hydrogen-bond acceptors (Lipinski definition) is 7. The number of ether oxygens (including phenoxy) is 2. The number of hydrogen-bond donors (Lipinski definition) is 1. The highest BCUT2D eigenvalue weighted by Gasteiger charge is 2.17. The van der Waals surface area contributed by atoms with Gasteiger partial charge in [0, 0.05) is 23.7 Å². The fraction of sp³-hybridized carbons (Fsp3) is 0.407. The molecule has 0 aliphatic heterocycles. The van der Waals surface area contributed by atoms with Crippen LogP contribution >= 0.6 is 11.8 Å². The van der Waals surface area contributed by atoms with Crippen LogP contribution in [0.5, 0.6) is 11.5 Å². The van der Waals surface area contributed by atoms with Crippen LogP contribution in [0.15, 0.2) is 46.3 Å². The van der Waals surface area contributed by atoms with Crippen LogP contribution in [0.3, 0.4) is 0 Å². The van der Waals surface area contributed by atoms with E-state index in [4.69, 9.17) is 14.5 Å². The van der Waals surface area contributed by atoms with E-state index in [2.05, 4.69) is 19.2 Å². The molecule has 0 bridgehead atoms. The Morgan fingerprint density at radius 1 is 1.00 bits per heavy atom. The highest BCUT2D eigenvalue weighted by molar-refractivity contribution is 7.99. The van der Waals surface area contributed by atoms with Crippen LogP contribution in [0.25, 0.3) is 10.9 Å². The van der Waals surface area contributed by atoms with Gasteiger partial charge in [0.25, 0.3) is 11.5 Å². The molecule has 0 aliphatic carbocycles. The van der Waals surface area contributed by atoms with Crippen LogP contribution in [-0.4, -0.2) is 47.3 Å². The number of carbonyl (C=O) groups is 2. The summed E-state index contributed by atoms with van der Waals surface area (Å²) in [4.78, 5) is 43.6. The minimum atomic E-state index is -0.226. The molecule has 0 radical (unpaired) electrons. The Labute approximate surface area is 215 Å². The zero-order valence-electron chi connectivity index (χ0n) is 21.6. The predicted octanol–water partition coefficient (Wildman–Crippen LogP) is 4.57. The number of aromatic nitrogens is 2. The van der Waals surface area contributed by atoms with Crippen LogP contribution in [0.2, 0.25) is 0 Å². The van der Waals surface area contributed by atoms with Crippen molar-refractivity contribution in [3.05, 3.63) is 57.9 Å². The molecule has 1 heterocycles. The summed E-state index contributed by atoms with van der Waals surface area (Å²) in [5.41, 5.74) is 1.15. The summed E-state index contributed by atoms with van der Waals surface area (Å²) in [5, 5.41) is 3.74. The van der Waals surface area contributed by atoms with Gasteiger partial charge in [-0.15, -0.1) is 0 Å². The molecule has 0 spiro atoms. The SMILES string of the molecule is COc1ccc(C(=O)CSc2nc3cc(C(=O)NC(C)C)ccc3c(=O)n2CCC(C)C)cc1OC. The third-order valence-electron chi connectivity index (χ3n) is 5.57. The fourth-order valence-corrected chi connectivity index (χ4v) is 4.52. The third kappa shape index (κ3) is 6.46. The van der Waals surface area contributed by atoms with Gasteiger partial charge in [-0.25, -0.2) is 4.98 Å². The van der Waals surface area contributed by atoms with E-state index in [1.165, 1.54) is 26.0 Å². The Morgan fingerprint density at radius 3 is 2.33 bits per heavy atom. The predicted molar refractivity (Wildman–Crippen MR) is 143 cm³/mol. The lowest BCUT2D eigenvalue weighted by atomic mass is 10.1. The van der Waals surface area contributed by atoms with Crippen molar-refractivity contribution in [1.29, 1.82) is 0 Å². The van der Waals surface area contributed by atoms with Crippen molar-refractivity contribution in [2.45, 2.75) is 51.9 Å². The number of fused-ring (bicyclic) bond motifs is 1. The van der Waals surface area contributed by atoms with Gasteiger partial charge in [-0.1, -0.05) is 25.6 Å². The number of thioether (sulfide) groups is 1. The van der Waals surface area contributed by atoms with Gasteiger partial charge >= 0.3 is 0 Å². The highest BCUT2D eigenvalue weighted by atomic mass is 32.2. The average molecular weight is 512 g/mol. The first kappa shape index (κ1) is 27.3. The molecule has 2 aromatic carbocycles. The molecule has 0 unspecified atom stereocenters. The molecule has 0 saturated heterocycles. The van der Waals surface area contributed by atoms with Crippen molar-refractivity contribution < 1.29 is 19.1 Å². The molecule has 1 amide bonds. The van der Waals surface area contributed by atoms with Crippen LogP contribution < -0.4 is 20.3 Å². The first-order valence-corrected chi connectivity index (χ1v) is 12.9. The van der Waals surface area contributed by atoms with Crippen molar-refractivity contribution in [2.24, 2.45) is 5.92 Å². The number of benzene rings is 2. The summed E-state index contributed by atoms with van der Waals surface area (Å²) in [6.45, 7) is 8.43. The summed E-state index contributed by atoms with van der Waals surface area (Å²) >= 11 is 1.21. The number of nitrogens with zero attached hydrogens (tertiary/aromatic N) is 2. The first-order valence-electron chi connectivity index (χ1n) is 11.9. The van der Waals surface area contributed by atoms with Gasteiger partial charge in [-0.2, -0.15) is 0 Å². The van der Waals surface area contributed by atoms with E-state index in [-0.39, 0.29) is 29.0 Å². The maximum Gasteiger partial charge on any atom is 0.262 e. The van der Waals surface area contributed by atoms with E-state index in [1.807, 2.05) is 13.8 Å². The standard InChI is InChI=1S/C27H33N3O5S/c1-16(2)11-12-30-26(33)20-9-7-19(25(32)28-17(3)4)13-21(20)29-27(30)36-15-22(31)18-8-10-23(34-5)24(14-18)35-6/h7-10,13-14,16-17H,11-12,15H2,1-6H3,(H,28,32). The average Bonchev–Trinajstić information content (AvgIpc) is 2.85. The van der Waals surface area contributed by atoms with E-state index in [0.29, 0.717) is 51.1 Å². The first-order chi connectivity index (χ1) is 17.1. The lowest BCUT2D eigenvalue weighted by molar-refractivity contribution is 0.0942. The summed E-state index contributed by atoms with van der Waals surface area (Å²) in [6.07, 6.45) is 0.791. The minimum Gasteiger partial charge on any atom is -0.493 e. The molecule has 1 aromatic heterocycles. The lowest BCUT2D eigenvalue weighted by Crippen LogP contribution is -2.30. The van der Waals surface area contributed by atoms with Crippen LogP contribution in [0, 0.1) is 5.92 Å². The monoisotopic (exact) mass is 511 g/mol. The molecule has 9 heteroatoms. The minimum absolute atomic E-state index is 0.0149. The van der Waals surface area contributed by atoms with Gasteiger partial charge < -0.3 is 14.8 Å². The van der Waals surface area contributed by atoms with Crippen molar-refractivity contribution in [3.63, 3.8) is 0 Å². The normalized spacial score (nSPS) is 11.2. The zero-order valence-corrected chi connectivity index (χ0v) is 22.4. The Balaban J connectivity index is 1.96. The third-order valence-corrected chi connectivity index (χ3v) is 6.55. The van der Waals surface area contributed by atoms with Crippen LogP contribution in [-0.2, 0) is 6.54 Å². The maximum absolute atomic E-state index is 13.4. The number of amides is 1. The number of methoxy groups -OCH3 is 2. The van der Waals surface area contributed by atoms with Crippen LogP contribution in [0.1, 0.15) is 54.8 Å². The van der Waals surface area contributed by atoms with Gasteiger partial charge in [0.05, 0.1) is 30.9 Å². The van der Waals surface area contributed by atoms with Gasteiger partial charge in [0.1, 0.15) is 0 Å². The molecule has 1 N–H and O–H groups in total. The molecule has 36 heavy (non-hydrogen) atoms. The number of carbonyl (C=O) groups excluding carboxylic acids is 2. The van der Waals surface area contributed by atoms with Crippen molar-refractivity contribution in [1.82, 2.24) is 14.9 Å². The second-order valence-corrected chi connectivity index (χ2v) is 10.1. The number of Topliss-reactive ketones (excluding diaryl/α,β-unsaturated/α-hetero) is 1. The smallest absolute Gasteiger partial charge is 0.262 e. The van der Waals surface area contributed by atoms with E-state index in [0.717, 1.165) is 6.42 Å². The second-order valence-electron chi connectivity index (χ2n) is 9.18. The Bertz CT molecular complexity index is 1320. The summed E-state index contributed by atoms with van der Waals surface area (Å²) in [5.74, 6) is 1.13. The molecule has 8 nitrogen and oxygen atoms in total. The van der Waals surface area contributed by atoms with Crippen molar-refractivity contribution >= 4 is 34.4 Å². The molecule has 3 rings (SSSR count).